The minimum absolute atomic E-state index is 0.0615. The van der Waals surface area contributed by atoms with Crippen molar-refractivity contribution in [3.8, 4) is 5.75 Å². The van der Waals surface area contributed by atoms with Crippen LogP contribution in [-0.4, -0.2) is 23.8 Å². The SMILES string of the molecule is COc1ccc2nc(NC(=S)NCC(F)c3cccc(F)c3)sc2c1. The Balaban J connectivity index is 1.59. The topological polar surface area (TPSA) is 46.2 Å². The van der Waals surface area contributed by atoms with Crippen molar-refractivity contribution in [3.05, 3.63) is 53.8 Å². The number of methoxy groups -OCH3 is 1. The third-order valence-electron chi connectivity index (χ3n) is 3.47. The lowest BCUT2D eigenvalue weighted by atomic mass is 10.1. The number of thiocarbonyl (C=S) groups is 1. The van der Waals surface area contributed by atoms with Gasteiger partial charge in [0.05, 0.1) is 23.9 Å². The molecule has 8 heteroatoms. The number of benzene rings is 2. The second kappa shape index (κ2) is 7.71. The average Bonchev–Trinajstić information content (AvgIpc) is 3.00. The van der Waals surface area contributed by atoms with Gasteiger partial charge in [-0.25, -0.2) is 13.8 Å². The van der Waals surface area contributed by atoms with Crippen LogP contribution >= 0.6 is 23.6 Å². The second-order valence-corrected chi connectivity index (χ2v) is 6.65. The standard InChI is InChI=1S/C17H15F2N3OS2/c1-23-12-5-6-14-15(8-12)25-17(21-14)22-16(24)20-9-13(19)10-3-2-4-11(18)7-10/h2-8,13H,9H2,1H3,(H2,20,21,22,24). The summed E-state index contributed by atoms with van der Waals surface area (Å²) in [6.07, 6.45) is -1.37. The predicted molar refractivity (Wildman–Crippen MR) is 101 cm³/mol. The maximum Gasteiger partial charge on any atom is 0.190 e. The molecule has 0 radical (unpaired) electrons. The van der Waals surface area contributed by atoms with Gasteiger partial charge in [-0.05, 0) is 48.1 Å². The van der Waals surface area contributed by atoms with Gasteiger partial charge in [0.25, 0.3) is 0 Å². The molecule has 1 unspecified atom stereocenters. The van der Waals surface area contributed by atoms with Gasteiger partial charge in [0.15, 0.2) is 10.2 Å². The Bertz CT molecular complexity index is 900. The molecule has 1 aromatic heterocycles. The minimum atomic E-state index is -1.37. The van der Waals surface area contributed by atoms with Crippen LogP contribution in [0, 0.1) is 5.82 Å². The molecule has 4 nitrogen and oxygen atoms in total. The van der Waals surface area contributed by atoms with E-state index in [4.69, 9.17) is 17.0 Å². The summed E-state index contributed by atoms with van der Waals surface area (Å²) < 4.78 is 33.4. The molecular weight excluding hydrogens is 364 g/mol. The number of rotatable bonds is 5. The monoisotopic (exact) mass is 379 g/mol. The molecule has 0 aliphatic carbocycles. The highest BCUT2D eigenvalue weighted by Gasteiger charge is 2.12. The van der Waals surface area contributed by atoms with Crippen molar-refractivity contribution in [1.29, 1.82) is 0 Å². The van der Waals surface area contributed by atoms with Crippen LogP contribution < -0.4 is 15.4 Å². The van der Waals surface area contributed by atoms with E-state index in [9.17, 15) is 8.78 Å². The van der Waals surface area contributed by atoms with Crippen LogP contribution in [-0.2, 0) is 0 Å². The fraction of sp³-hybridized carbons (Fsp3) is 0.176. The summed E-state index contributed by atoms with van der Waals surface area (Å²) in [7, 11) is 1.60. The van der Waals surface area contributed by atoms with Gasteiger partial charge >= 0.3 is 0 Å². The van der Waals surface area contributed by atoms with Crippen LogP contribution in [0.2, 0.25) is 0 Å². The van der Waals surface area contributed by atoms with E-state index in [0.717, 1.165) is 16.0 Å². The van der Waals surface area contributed by atoms with Crippen LogP contribution in [0.25, 0.3) is 10.2 Å². The van der Waals surface area contributed by atoms with Gasteiger partial charge in [-0.2, -0.15) is 0 Å². The van der Waals surface area contributed by atoms with Gasteiger partial charge in [0, 0.05) is 0 Å². The third kappa shape index (κ3) is 4.40. The van der Waals surface area contributed by atoms with Gasteiger partial charge in [-0.3, -0.25) is 0 Å². The lowest BCUT2D eigenvalue weighted by molar-refractivity contribution is 0.342. The summed E-state index contributed by atoms with van der Waals surface area (Å²) in [5.74, 6) is 0.282. The Morgan fingerprint density at radius 1 is 1.32 bits per heavy atom. The first-order valence-corrected chi connectivity index (χ1v) is 8.66. The number of alkyl halides is 1. The zero-order valence-corrected chi connectivity index (χ0v) is 14.9. The Kier molecular flexibility index (Phi) is 5.40. The van der Waals surface area contributed by atoms with Crippen molar-refractivity contribution in [3.63, 3.8) is 0 Å². The summed E-state index contributed by atoms with van der Waals surface area (Å²) in [6, 6.07) is 11.0. The van der Waals surface area contributed by atoms with Gasteiger partial charge in [0.2, 0.25) is 0 Å². The highest BCUT2D eigenvalue weighted by Crippen LogP contribution is 2.29. The third-order valence-corrected chi connectivity index (χ3v) is 4.65. The van der Waals surface area contributed by atoms with Crippen LogP contribution in [0.15, 0.2) is 42.5 Å². The van der Waals surface area contributed by atoms with Crippen LogP contribution in [0.1, 0.15) is 11.7 Å². The quantitative estimate of drug-likeness (QED) is 0.642. The summed E-state index contributed by atoms with van der Waals surface area (Å²) >= 11 is 6.58. The highest BCUT2D eigenvalue weighted by atomic mass is 32.1. The van der Waals surface area contributed by atoms with Crippen molar-refractivity contribution in [2.75, 3.05) is 19.0 Å². The molecule has 0 aliphatic rings. The first-order valence-electron chi connectivity index (χ1n) is 7.44. The number of halogens is 2. The molecule has 130 valence electrons. The molecule has 0 spiro atoms. The number of ether oxygens (including phenoxy) is 1. The van der Waals surface area contributed by atoms with E-state index in [2.05, 4.69) is 15.6 Å². The molecule has 0 amide bonds. The average molecular weight is 379 g/mol. The normalized spacial score (nSPS) is 12.0. The first-order chi connectivity index (χ1) is 12.0. The van der Waals surface area contributed by atoms with Crippen LogP contribution in [0.3, 0.4) is 0 Å². The number of fused-ring (bicyclic) bond motifs is 1. The maximum absolute atomic E-state index is 14.1. The van der Waals surface area contributed by atoms with Crippen molar-refractivity contribution in [2.45, 2.75) is 6.17 Å². The molecule has 3 aromatic rings. The number of aromatic nitrogens is 1. The number of nitrogens with one attached hydrogen (secondary N) is 2. The van der Waals surface area contributed by atoms with Gasteiger partial charge in [-0.1, -0.05) is 23.5 Å². The van der Waals surface area contributed by atoms with Crippen molar-refractivity contribution in [2.24, 2.45) is 0 Å². The minimum Gasteiger partial charge on any atom is -0.497 e. The zero-order valence-electron chi connectivity index (χ0n) is 13.3. The molecule has 0 saturated heterocycles. The second-order valence-electron chi connectivity index (χ2n) is 5.21. The van der Waals surface area contributed by atoms with E-state index in [0.29, 0.717) is 5.13 Å². The molecule has 0 fully saturated rings. The van der Waals surface area contributed by atoms with Crippen molar-refractivity contribution < 1.29 is 13.5 Å². The Labute approximate surface area is 152 Å². The smallest absolute Gasteiger partial charge is 0.190 e. The van der Waals surface area contributed by atoms with E-state index in [1.807, 2.05) is 18.2 Å². The van der Waals surface area contributed by atoms with Crippen LogP contribution in [0.4, 0.5) is 13.9 Å². The van der Waals surface area contributed by atoms with Gasteiger partial charge in [-0.15, -0.1) is 0 Å². The lowest BCUT2D eigenvalue weighted by Crippen LogP contribution is -2.31. The Morgan fingerprint density at radius 3 is 2.92 bits per heavy atom. The van der Waals surface area contributed by atoms with E-state index < -0.39 is 12.0 Å². The lowest BCUT2D eigenvalue weighted by Gasteiger charge is -2.12. The number of hydrogen-bond acceptors (Lipinski definition) is 4. The zero-order chi connectivity index (χ0) is 17.8. The van der Waals surface area contributed by atoms with Gasteiger partial charge < -0.3 is 15.4 Å². The maximum atomic E-state index is 14.1. The van der Waals surface area contributed by atoms with Crippen LogP contribution in [0.5, 0.6) is 5.75 Å². The van der Waals surface area contributed by atoms with Crippen molar-refractivity contribution in [1.82, 2.24) is 10.3 Å². The van der Waals surface area contributed by atoms with E-state index >= 15 is 0 Å². The fourth-order valence-electron chi connectivity index (χ4n) is 2.23. The Hall–Kier alpha value is -2.32. The molecule has 2 N–H and O–H groups in total. The number of hydrogen-bond donors (Lipinski definition) is 2. The summed E-state index contributed by atoms with van der Waals surface area (Å²) in [4.78, 5) is 4.41. The van der Waals surface area contributed by atoms with Gasteiger partial charge in [0.1, 0.15) is 17.7 Å². The molecule has 25 heavy (non-hydrogen) atoms. The molecule has 3 rings (SSSR count). The largest absolute Gasteiger partial charge is 0.497 e. The summed E-state index contributed by atoms with van der Waals surface area (Å²) in [6.45, 7) is -0.0615. The number of anilines is 1. The molecule has 0 saturated carbocycles. The summed E-state index contributed by atoms with van der Waals surface area (Å²) in [5, 5.41) is 6.57. The number of thiazole rings is 1. The molecular formula is C17H15F2N3OS2. The first kappa shape index (κ1) is 17.5. The summed E-state index contributed by atoms with van der Waals surface area (Å²) in [5.41, 5.74) is 1.08. The molecule has 1 atom stereocenters. The molecule has 0 bridgehead atoms. The highest BCUT2D eigenvalue weighted by molar-refractivity contribution is 7.80. The predicted octanol–water partition coefficient (Wildman–Crippen LogP) is 4.44. The van der Waals surface area contributed by atoms with E-state index in [1.54, 1.807) is 7.11 Å². The number of nitrogens with zero attached hydrogens (tertiary/aromatic N) is 1. The molecule has 1 heterocycles. The van der Waals surface area contributed by atoms with E-state index in [-0.39, 0.29) is 17.2 Å². The molecule has 2 aromatic carbocycles. The van der Waals surface area contributed by atoms with E-state index in [1.165, 1.54) is 35.6 Å². The Morgan fingerprint density at radius 2 is 2.16 bits per heavy atom. The molecule has 0 aliphatic heterocycles. The fourth-order valence-corrected chi connectivity index (χ4v) is 3.37. The van der Waals surface area contributed by atoms with Crippen molar-refractivity contribution >= 4 is 44.0 Å².